The van der Waals surface area contributed by atoms with Gasteiger partial charge in [0.05, 0.1) is 24.5 Å². The van der Waals surface area contributed by atoms with E-state index in [2.05, 4.69) is 20.7 Å². The van der Waals surface area contributed by atoms with Crippen LogP contribution in [0.25, 0.3) is 0 Å². The molecule has 0 bridgehead atoms. The smallest absolute Gasteiger partial charge is 0.255 e. The lowest BCUT2D eigenvalue weighted by Gasteiger charge is -2.10. The van der Waals surface area contributed by atoms with E-state index in [1.807, 2.05) is 20.0 Å². The lowest BCUT2D eigenvalue weighted by Crippen LogP contribution is -2.28. The molecule has 0 aromatic carbocycles. The second-order valence-corrected chi connectivity index (χ2v) is 4.62. The van der Waals surface area contributed by atoms with E-state index in [4.69, 9.17) is 0 Å². The number of amides is 1. The quantitative estimate of drug-likeness (QED) is 0.848. The first-order valence-electron chi connectivity index (χ1n) is 6.77. The molecule has 2 heterocycles. The number of halogens is 1. The number of nitrogens with zero attached hydrogens (tertiary/aromatic N) is 3. The highest BCUT2D eigenvalue weighted by molar-refractivity contribution is 5.98. The molecule has 7 heteroatoms. The van der Waals surface area contributed by atoms with Crippen molar-refractivity contribution in [2.45, 2.75) is 20.4 Å². The maximum absolute atomic E-state index is 13.3. The third-order valence-electron chi connectivity index (χ3n) is 2.83. The summed E-state index contributed by atoms with van der Waals surface area (Å²) in [6, 6.07) is 1.18. The molecule has 0 aliphatic rings. The molecule has 0 unspecified atom stereocenters. The summed E-state index contributed by atoms with van der Waals surface area (Å²) in [6.07, 6.45) is 4.73. The Balaban J connectivity index is 1.97. The Bertz CT molecular complexity index is 626. The molecule has 0 saturated carbocycles. The third kappa shape index (κ3) is 4.01. The lowest BCUT2D eigenvalue weighted by molar-refractivity contribution is 0.0952. The third-order valence-corrected chi connectivity index (χ3v) is 2.83. The molecule has 0 spiro atoms. The van der Waals surface area contributed by atoms with Gasteiger partial charge in [-0.25, -0.2) is 9.37 Å². The highest BCUT2D eigenvalue weighted by Gasteiger charge is 2.13. The van der Waals surface area contributed by atoms with Crippen LogP contribution in [0, 0.1) is 12.7 Å². The molecule has 1 amide bonds. The monoisotopic (exact) mass is 291 g/mol. The summed E-state index contributed by atoms with van der Waals surface area (Å²) in [5.41, 5.74) is 1.26. The molecule has 0 radical (unpaired) electrons. The minimum absolute atomic E-state index is 0.202. The zero-order chi connectivity index (χ0) is 15.2. The number of nitrogens with one attached hydrogen (secondary N) is 2. The minimum Gasteiger partial charge on any atom is -0.370 e. The second kappa shape index (κ2) is 6.83. The molecular formula is C14H18FN5O. The van der Waals surface area contributed by atoms with Gasteiger partial charge in [-0.05, 0) is 25.5 Å². The van der Waals surface area contributed by atoms with Gasteiger partial charge in [-0.3, -0.25) is 9.48 Å². The number of rotatable bonds is 6. The van der Waals surface area contributed by atoms with Crippen molar-refractivity contribution in [3.8, 4) is 0 Å². The van der Waals surface area contributed by atoms with Crippen LogP contribution in [-0.4, -0.2) is 33.8 Å². The van der Waals surface area contributed by atoms with Gasteiger partial charge in [0.2, 0.25) is 0 Å². The van der Waals surface area contributed by atoms with Crippen molar-refractivity contribution < 1.29 is 9.18 Å². The Morgan fingerprint density at radius 2 is 2.24 bits per heavy atom. The minimum atomic E-state index is -0.537. The van der Waals surface area contributed by atoms with Crippen LogP contribution < -0.4 is 10.6 Å². The fourth-order valence-electron chi connectivity index (χ4n) is 1.89. The summed E-state index contributed by atoms with van der Waals surface area (Å²) in [6.45, 7) is 5.39. The van der Waals surface area contributed by atoms with Crippen molar-refractivity contribution in [3.05, 3.63) is 41.6 Å². The summed E-state index contributed by atoms with van der Waals surface area (Å²) in [5, 5.41) is 9.80. The molecule has 2 rings (SSSR count). The molecule has 2 N–H and O–H groups in total. The van der Waals surface area contributed by atoms with E-state index in [-0.39, 0.29) is 11.5 Å². The van der Waals surface area contributed by atoms with Crippen molar-refractivity contribution in [1.29, 1.82) is 0 Å². The molecule has 0 saturated heterocycles. The van der Waals surface area contributed by atoms with Crippen molar-refractivity contribution in [2.24, 2.45) is 0 Å². The van der Waals surface area contributed by atoms with Crippen LogP contribution >= 0.6 is 0 Å². The number of hydrogen-bond acceptors (Lipinski definition) is 4. The van der Waals surface area contributed by atoms with E-state index in [1.165, 1.54) is 6.07 Å². The molecule has 6 nitrogen and oxygen atoms in total. The zero-order valence-electron chi connectivity index (χ0n) is 12.1. The maximum atomic E-state index is 13.3. The lowest BCUT2D eigenvalue weighted by atomic mass is 10.2. The van der Waals surface area contributed by atoms with E-state index >= 15 is 0 Å². The van der Waals surface area contributed by atoms with Crippen LogP contribution in [-0.2, 0) is 6.54 Å². The molecule has 0 atom stereocenters. The molecule has 0 aliphatic carbocycles. The van der Waals surface area contributed by atoms with Gasteiger partial charge >= 0.3 is 0 Å². The molecule has 2 aromatic heterocycles. The molecule has 21 heavy (non-hydrogen) atoms. The number of pyridine rings is 1. The van der Waals surface area contributed by atoms with E-state index in [0.717, 1.165) is 11.8 Å². The van der Waals surface area contributed by atoms with Gasteiger partial charge in [-0.2, -0.15) is 5.10 Å². The van der Waals surface area contributed by atoms with Crippen LogP contribution in [0.3, 0.4) is 0 Å². The van der Waals surface area contributed by atoms with Crippen LogP contribution in [0.15, 0.2) is 24.7 Å². The first-order valence-corrected chi connectivity index (χ1v) is 6.77. The normalized spacial score (nSPS) is 10.4. The number of anilines is 1. The van der Waals surface area contributed by atoms with E-state index < -0.39 is 5.82 Å². The Morgan fingerprint density at radius 1 is 1.43 bits per heavy atom. The van der Waals surface area contributed by atoms with Crippen LogP contribution in [0.5, 0.6) is 0 Å². The molecule has 2 aromatic rings. The Kier molecular flexibility index (Phi) is 4.86. The van der Waals surface area contributed by atoms with Gasteiger partial charge in [-0.1, -0.05) is 0 Å². The van der Waals surface area contributed by atoms with Crippen LogP contribution in [0.2, 0.25) is 0 Å². The number of aryl methyl sites for hydroxylation is 1. The van der Waals surface area contributed by atoms with Gasteiger partial charge in [0.25, 0.3) is 5.91 Å². The molecule has 0 aliphatic heterocycles. The highest BCUT2D eigenvalue weighted by Crippen LogP contribution is 2.13. The highest BCUT2D eigenvalue weighted by atomic mass is 19.1. The van der Waals surface area contributed by atoms with Gasteiger partial charge in [0.15, 0.2) is 0 Å². The van der Waals surface area contributed by atoms with Gasteiger partial charge < -0.3 is 10.6 Å². The first kappa shape index (κ1) is 15.0. The average molecular weight is 291 g/mol. The number of carbonyl (C=O) groups is 1. The van der Waals surface area contributed by atoms with Crippen molar-refractivity contribution in [2.75, 3.05) is 18.4 Å². The standard InChI is InChI=1S/C14H18FN5O/c1-3-16-13-12(6-11(15)8-18-13)14(21)17-4-5-20-9-10(2)7-19-20/h6-9H,3-5H2,1-2H3,(H,16,18)(H,17,21). The molecular weight excluding hydrogens is 273 g/mol. The second-order valence-electron chi connectivity index (χ2n) is 4.62. The first-order chi connectivity index (χ1) is 10.1. The van der Waals surface area contributed by atoms with Crippen molar-refractivity contribution >= 4 is 11.7 Å². The van der Waals surface area contributed by atoms with Crippen molar-refractivity contribution in [1.82, 2.24) is 20.1 Å². The number of hydrogen-bond donors (Lipinski definition) is 2. The summed E-state index contributed by atoms with van der Waals surface area (Å²) in [5.74, 6) is -0.516. The van der Waals surface area contributed by atoms with E-state index in [0.29, 0.717) is 25.5 Å². The molecule has 112 valence electrons. The topological polar surface area (TPSA) is 71.8 Å². The predicted molar refractivity (Wildman–Crippen MR) is 77.7 cm³/mol. The van der Waals surface area contributed by atoms with Gasteiger partial charge in [-0.15, -0.1) is 0 Å². The van der Waals surface area contributed by atoms with E-state index in [9.17, 15) is 9.18 Å². The fourth-order valence-corrected chi connectivity index (χ4v) is 1.89. The summed E-state index contributed by atoms with van der Waals surface area (Å²) < 4.78 is 15.0. The average Bonchev–Trinajstić information content (AvgIpc) is 2.86. The Labute approximate surface area is 122 Å². The number of aromatic nitrogens is 3. The Morgan fingerprint density at radius 3 is 2.90 bits per heavy atom. The maximum Gasteiger partial charge on any atom is 0.255 e. The summed E-state index contributed by atoms with van der Waals surface area (Å²) >= 11 is 0. The van der Waals surface area contributed by atoms with Crippen LogP contribution in [0.1, 0.15) is 22.8 Å². The van der Waals surface area contributed by atoms with Gasteiger partial charge in [0, 0.05) is 19.3 Å². The summed E-state index contributed by atoms with van der Waals surface area (Å²) in [4.78, 5) is 16.0. The zero-order valence-corrected chi connectivity index (χ0v) is 12.1. The SMILES string of the molecule is CCNc1ncc(F)cc1C(=O)NCCn1cc(C)cn1. The van der Waals surface area contributed by atoms with Crippen LogP contribution in [0.4, 0.5) is 10.2 Å². The summed E-state index contributed by atoms with van der Waals surface area (Å²) in [7, 11) is 0. The number of carbonyl (C=O) groups excluding carboxylic acids is 1. The van der Waals surface area contributed by atoms with Gasteiger partial charge in [0.1, 0.15) is 11.6 Å². The Hall–Kier alpha value is -2.44. The largest absolute Gasteiger partial charge is 0.370 e. The van der Waals surface area contributed by atoms with Crippen molar-refractivity contribution in [3.63, 3.8) is 0 Å². The predicted octanol–water partition coefficient (Wildman–Crippen LogP) is 1.59. The van der Waals surface area contributed by atoms with E-state index in [1.54, 1.807) is 10.9 Å². The fraction of sp³-hybridized carbons (Fsp3) is 0.357. The molecule has 0 fully saturated rings.